The van der Waals surface area contributed by atoms with Gasteiger partial charge in [0, 0.05) is 13.2 Å². The molecule has 2 rings (SSSR count). The van der Waals surface area contributed by atoms with Gasteiger partial charge >= 0.3 is 0 Å². The van der Waals surface area contributed by atoms with E-state index in [1.54, 1.807) is 6.20 Å². The van der Waals surface area contributed by atoms with Crippen LogP contribution in [0.3, 0.4) is 0 Å². The molecular formula is C7H10BrN3O. The third kappa shape index (κ3) is 1.51. The fourth-order valence-electron chi connectivity index (χ4n) is 1.41. The zero-order chi connectivity index (χ0) is 8.39. The Hall–Kier alpha value is -0.420. The van der Waals surface area contributed by atoms with Crippen molar-refractivity contribution in [3.63, 3.8) is 0 Å². The summed E-state index contributed by atoms with van der Waals surface area (Å²) in [5.41, 5.74) is 0. The van der Waals surface area contributed by atoms with Crippen molar-refractivity contribution in [3.8, 4) is 0 Å². The average molecular weight is 232 g/mol. The molecule has 0 atom stereocenters. The van der Waals surface area contributed by atoms with Gasteiger partial charge in [-0.25, -0.2) is 4.68 Å². The highest BCUT2D eigenvalue weighted by Gasteiger charge is 2.17. The zero-order valence-electron chi connectivity index (χ0n) is 6.61. The lowest BCUT2D eigenvalue weighted by Gasteiger charge is -2.22. The maximum absolute atomic E-state index is 5.26. The summed E-state index contributed by atoms with van der Waals surface area (Å²) in [6, 6.07) is 0.454. The minimum atomic E-state index is 0.454. The molecule has 4 nitrogen and oxygen atoms in total. The van der Waals surface area contributed by atoms with E-state index < -0.39 is 0 Å². The normalized spacial score (nSPS) is 19.8. The molecule has 12 heavy (non-hydrogen) atoms. The van der Waals surface area contributed by atoms with Gasteiger partial charge in [0.05, 0.1) is 12.2 Å². The summed E-state index contributed by atoms with van der Waals surface area (Å²) in [7, 11) is 0. The number of halogens is 1. The van der Waals surface area contributed by atoms with E-state index in [0.717, 1.165) is 30.7 Å². The van der Waals surface area contributed by atoms with Crippen LogP contribution in [0.25, 0.3) is 0 Å². The maximum atomic E-state index is 5.26. The first-order valence-electron chi connectivity index (χ1n) is 4.01. The molecule has 0 radical (unpaired) electrons. The van der Waals surface area contributed by atoms with Gasteiger partial charge in [0.2, 0.25) is 0 Å². The highest BCUT2D eigenvalue weighted by atomic mass is 79.9. The maximum Gasteiger partial charge on any atom is 0.124 e. The molecule has 0 saturated carbocycles. The second-order valence-corrected chi connectivity index (χ2v) is 3.66. The van der Waals surface area contributed by atoms with Crippen molar-refractivity contribution in [2.24, 2.45) is 0 Å². The van der Waals surface area contributed by atoms with Crippen molar-refractivity contribution in [2.75, 3.05) is 13.2 Å². The summed E-state index contributed by atoms with van der Waals surface area (Å²) in [5, 5.41) is 7.83. The van der Waals surface area contributed by atoms with Gasteiger partial charge in [0.25, 0.3) is 0 Å². The Balaban J connectivity index is 2.13. The fourth-order valence-corrected chi connectivity index (χ4v) is 1.86. The molecule has 0 N–H and O–H groups in total. The lowest BCUT2D eigenvalue weighted by atomic mass is 10.1. The lowest BCUT2D eigenvalue weighted by Crippen LogP contribution is -2.20. The Bertz CT molecular complexity index is 257. The minimum absolute atomic E-state index is 0.454. The molecule has 0 unspecified atom stereocenters. The highest BCUT2D eigenvalue weighted by molar-refractivity contribution is 9.10. The molecule has 5 heteroatoms. The Kier molecular flexibility index (Phi) is 2.41. The Morgan fingerprint density at radius 3 is 2.83 bits per heavy atom. The minimum Gasteiger partial charge on any atom is -0.381 e. The Morgan fingerprint density at radius 2 is 2.25 bits per heavy atom. The number of hydrogen-bond donors (Lipinski definition) is 0. The van der Waals surface area contributed by atoms with Crippen LogP contribution in [0.15, 0.2) is 10.8 Å². The van der Waals surface area contributed by atoms with Crippen molar-refractivity contribution in [2.45, 2.75) is 18.9 Å². The molecule has 0 aromatic carbocycles. The summed E-state index contributed by atoms with van der Waals surface area (Å²) >= 11 is 3.40. The largest absolute Gasteiger partial charge is 0.381 e. The number of aromatic nitrogens is 3. The van der Waals surface area contributed by atoms with Crippen molar-refractivity contribution in [3.05, 3.63) is 10.8 Å². The van der Waals surface area contributed by atoms with Crippen LogP contribution < -0.4 is 0 Å². The summed E-state index contributed by atoms with van der Waals surface area (Å²) in [6.07, 6.45) is 3.78. The summed E-state index contributed by atoms with van der Waals surface area (Å²) in [4.78, 5) is 0. The monoisotopic (exact) mass is 231 g/mol. The zero-order valence-corrected chi connectivity index (χ0v) is 8.20. The highest BCUT2D eigenvalue weighted by Crippen LogP contribution is 2.22. The number of nitrogens with zero attached hydrogens (tertiary/aromatic N) is 3. The van der Waals surface area contributed by atoms with Gasteiger partial charge in [-0.05, 0) is 28.8 Å². The van der Waals surface area contributed by atoms with Crippen molar-refractivity contribution in [1.82, 2.24) is 15.0 Å². The van der Waals surface area contributed by atoms with Gasteiger partial charge in [-0.3, -0.25) is 0 Å². The summed E-state index contributed by atoms with van der Waals surface area (Å²) < 4.78 is 8.13. The van der Waals surface area contributed by atoms with Crippen LogP contribution in [-0.2, 0) is 4.74 Å². The number of hydrogen-bond acceptors (Lipinski definition) is 3. The summed E-state index contributed by atoms with van der Waals surface area (Å²) in [5.74, 6) is 0. The second kappa shape index (κ2) is 3.53. The molecule has 1 fully saturated rings. The standard InChI is InChI=1S/C7H10BrN3O/c8-7-5-9-10-11(7)6-1-3-12-4-2-6/h5-6H,1-4H2. The van der Waals surface area contributed by atoms with Gasteiger partial charge in [-0.1, -0.05) is 5.21 Å². The van der Waals surface area contributed by atoms with Gasteiger partial charge in [-0.15, -0.1) is 5.10 Å². The van der Waals surface area contributed by atoms with Crippen molar-refractivity contribution >= 4 is 15.9 Å². The van der Waals surface area contributed by atoms with Gasteiger partial charge in [0.1, 0.15) is 4.60 Å². The fraction of sp³-hybridized carbons (Fsp3) is 0.714. The molecule has 1 aromatic rings. The van der Waals surface area contributed by atoms with E-state index in [-0.39, 0.29) is 0 Å². The van der Waals surface area contributed by atoms with Crippen LogP contribution in [0.1, 0.15) is 18.9 Å². The van der Waals surface area contributed by atoms with E-state index in [9.17, 15) is 0 Å². The number of rotatable bonds is 1. The first-order chi connectivity index (χ1) is 5.88. The molecule has 0 aliphatic carbocycles. The molecule has 1 saturated heterocycles. The third-order valence-corrected chi connectivity index (χ3v) is 2.64. The Labute approximate surface area is 79.0 Å². The third-order valence-electron chi connectivity index (χ3n) is 2.07. The van der Waals surface area contributed by atoms with Crippen LogP contribution in [0.2, 0.25) is 0 Å². The lowest BCUT2D eigenvalue weighted by molar-refractivity contribution is 0.0651. The van der Waals surface area contributed by atoms with Gasteiger partial charge in [0.15, 0.2) is 0 Å². The van der Waals surface area contributed by atoms with Crippen molar-refractivity contribution in [1.29, 1.82) is 0 Å². The van der Waals surface area contributed by atoms with Crippen molar-refractivity contribution < 1.29 is 4.74 Å². The van der Waals surface area contributed by atoms with E-state index >= 15 is 0 Å². The molecule has 0 spiro atoms. The van der Waals surface area contributed by atoms with Gasteiger partial charge < -0.3 is 4.74 Å². The SMILES string of the molecule is Brc1cnnn1C1CCOCC1. The second-order valence-electron chi connectivity index (χ2n) is 2.84. The molecule has 1 aromatic heterocycles. The molecular weight excluding hydrogens is 222 g/mol. The summed E-state index contributed by atoms with van der Waals surface area (Å²) in [6.45, 7) is 1.66. The topological polar surface area (TPSA) is 39.9 Å². The predicted octanol–water partition coefficient (Wildman–Crippen LogP) is 1.39. The van der Waals surface area contributed by atoms with Crippen LogP contribution in [-0.4, -0.2) is 28.2 Å². The first-order valence-corrected chi connectivity index (χ1v) is 4.80. The van der Waals surface area contributed by atoms with E-state index in [4.69, 9.17) is 4.74 Å². The van der Waals surface area contributed by atoms with Crippen LogP contribution in [0.4, 0.5) is 0 Å². The van der Waals surface area contributed by atoms with Crippen LogP contribution in [0.5, 0.6) is 0 Å². The number of ether oxygens (including phenoxy) is 1. The first kappa shape index (κ1) is 8.19. The smallest absolute Gasteiger partial charge is 0.124 e. The molecule has 2 heterocycles. The predicted molar refractivity (Wildman–Crippen MR) is 46.8 cm³/mol. The quantitative estimate of drug-likeness (QED) is 0.734. The molecule has 0 bridgehead atoms. The van der Waals surface area contributed by atoms with E-state index in [1.165, 1.54) is 0 Å². The average Bonchev–Trinajstić information content (AvgIpc) is 2.53. The molecule has 1 aliphatic rings. The van der Waals surface area contributed by atoms with Crippen LogP contribution in [0, 0.1) is 0 Å². The molecule has 1 aliphatic heterocycles. The molecule has 0 amide bonds. The Morgan fingerprint density at radius 1 is 1.50 bits per heavy atom. The van der Waals surface area contributed by atoms with Gasteiger partial charge in [-0.2, -0.15) is 0 Å². The van der Waals surface area contributed by atoms with E-state index in [0.29, 0.717) is 6.04 Å². The molecule has 66 valence electrons. The van der Waals surface area contributed by atoms with Crippen LogP contribution >= 0.6 is 15.9 Å². The van der Waals surface area contributed by atoms with E-state index in [1.807, 2.05) is 4.68 Å². The van der Waals surface area contributed by atoms with E-state index in [2.05, 4.69) is 26.2 Å².